The number of rotatable bonds is 3. The Morgan fingerprint density at radius 3 is 2.26 bits per heavy atom. The predicted octanol–water partition coefficient (Wildman–Crippen LogP) is 5.71. The topological polar surface area (TPSA) is 30.2 Å². The molecule has 0 atom stereocenters. The Hall–Kier alpha value is -2.35. The average Bonchev–Trinajstić information content (AvgIpc) is 2.53. The van der Waals surface area contributed by atoms with Gasteiger partial charge in [-0.3, -0.25) is 0 Å². The van der Waals surface area contributed by atoms with Crippen LogP contribution in [-0.4, -0.2) is 0 Å². The average molecular weight is 306 g/mol. The van der Waals surface area contributed by atoms with Crippen LogP contribution in [0.5, 0.6) is 0 Å². The zero-order valence-electron chi connectivity index (χ0n) is 14.1. The SMILES string of the molecule is CC(C)c1ccc2oc(=O)cc(-c3ccccc3C(C)C)c2c1. The number of fused-ring (bicyclic) bond motifs is 1. The minimum atomic E-state index is -0.302. The van der Waals surface area contributed by atoms with Gasteiger partial charge in [-0.25, -0.2) is 4.79 Å². The van der Waals surface area contributed by atoms with Crippen LogP contribution in [0.2, 0.25) is 0 Å². The van der Waals surface area contributed by atoms with Crippen molar-refractivity contribution in [2.75, 3.05) is 0 Å². The van der Waals surface area contributed by atoms with Crippen LogP contribution in [0.15, 0.2) is 57.7 Å². The maximum Gasteiger partial charge on any atom is 0.336 e. The van der Waals surface area contributed by atoms with Crippen molar-refractivity contribution in [1.82, 2.24) is 0 Å². The van der Waals surface area contributed by atoms with Gasteiger partial charge in [0.25, 0.3) is 0 Å². The van der Waals surface area contributed by atoms with E-state index in [1.807, 2.05) is 24.3 Å². The van der Waals surface area contributed by atoms with Crippen molar-refractivity contribution in [3.05, 3.63) is 70.1 Å². The van der Waals surface area contributed by atoms with Crippen molar-refractivity contribution < 1.29 is 4.42 Å². The van der Waals surface area contributed by atoms with Crippen LogP contribution in [0.4, 0.5) is 0 Å². The number of hydrogen-bond acceptors (Lipinski definition) is 2. The van der Waals surface area contributed by atoms with Crippen molar-refractivity contribution in [2.45, 2.75) is 39.5 Å². The van der Waals surface area contributed by atoms with E-state index in [0.717, 1.165) is 16.5 Å². The molecule has 0 amide bonds. The lowest BCUT2D eigenvalue weighted by atomic mass is 9.90. The molecule has 1 aromatic heterocycles. The van der Waals surface area contributed by atoms with Crippen molar-refractivity contribution in [2.24, 2.45) is 0 Å². The Morgan fingerprint density at radius 1 is 0.826 bits per heavy atom. The maximum absolute atomic E-state index is 12.0. The van der Waals surface area contributed by atoms with Crippen LogP contribution >= 0.6 is 0 Å². The third kappa shape index (κ3) is 2.94. The van der Waals surface area contributed by atoms with Gasteiger partial charge in [0.15, 0.2) is 0 Å². The van der Waals surface area contributed by atoms with E-state index in [2.05, 4.69) is 45.9 Å². The molecule has 2 heteroatoms. The molecule has 0 unspecified atom stereocenters. The minimum absolute atomic E-state index is 0.302. The molecule has 0 radical (unpaired) electrons. The maximum atomic E-state index is 12.0. The summed E-state index contributed by atoms with van der Waals surface area (Å²) < 4.78 is 5.40. The van der Waals surface area contributed by atoms with Gasteiger partial charge in [0.05, 0.1) is 0 Å². The molecule has 3 rings (SSSR count). The van der Waals surface area contributed by atoms with Gasteiger partial charge >= 0.3 is 5.63 Å². The molecule has 3 aromatic rings. The molecule has 23 heavy (non-hydrogen) atoms. The molecule has 0 aliphatic heterocycles. The molecular weight excluding hydrogens is 284 g/mol. The van der Waals surface area contributed by atoms with E-state index in [1.165, 1.54) is 11.1 Å². The molecule has 0 N–H and O–H groups in total. The molecule has 0 aliphatic rings. The highest BCUT2D eigenvalue weighted by Gasteiger charge is 2.14. The Kier molecular flexibility index (Phi) is 4.08. The largest absolute Gasteiger partial charge is 0.423 e. The summed E-state index contributed by atoms with van der Waals surface area (Å²) in [4.78, 5) is 12.0. The monoisotopic (exact) mass is 306 g/mol. The summed E-state index contributed by atoms with van der Waals surface area (Å²) in [6.45, 7) is 8.68. The molecule has 0 saturated carbocycles. The Morgan fingerprint density at radius 2 is 1.57 bits per heavy atom. The van der Waals surface area contributed by atoms with Crippen LogP contribution in [-0.2, 0) is 0 Å². The molecule has 2 nitrogen and oxygen atoms in total. The van der Waals surface area contributed by atoms with E-state index in [0.29, 0.717) is 17.4 Å². The van der Waals surface area contributed by atoms with Gasteiger partial charge in [0, 0.05) is 17.0 Å². The summed E-state index contributed by atoms with van der Waals surface area (Å²) in [6.07, 6.45) is 0. The van der Waals surface area contributed by atoms with Gasteiger partial charge in [-0.15, -0.1) is 0 Å². The van der Waals surface area contributed by atoms with E-state index in [1.54, 1.807) is 6.07 Å². The molecule has 1 heterocycles. The standard InChI is InChI=1S/C21H22O2/c1-13(2)15-9-10-20-19(11-15)18(12-21(22)23-20)17-8-6-5-7-16(17)14(3)4/h5-14H,1-4H3. The van der Waals surface area contributed by atoms with E-state index < -0.39 is 0 Å². The highest BCUT2D eigenvalue weighted by Crippen LogP contribution is 2.34. The van der Waals surface area contributed by atoms with Crippen molar-refractivity contribution in [3.63, 3.8) is 0 Å². The van der Waals surface area contributed by atoms with Crippen LogP contribution in [0.1, 0.15) is 50.7 Å². The molecule has 0 spiro atoms. The molecule has 118 valence electrons. The van der Waals surface area contributed by atoms with Crippen LogP contribution < -0.4 is 5.63 Å². The predicted molar refractivity (Wildman–Crippen MR) is 96.1 cm³/mol. The normalized spacial score (nSPS) is 11.6. The van der Waals surface area contributed by atoms with Gasteiger partial charge in [-0.1, -0.05) is 58.0 Å². The first-order chi connectivity index (χ1) is 11.0. The van der Waals surface area contributed by atoms with Gasteiger partial charge in [0.2, 0.25) is 0 Å². The van der Waals surface area contributed by atoms with E-state index in [9.17, 15) is 4.79 Å². The highest BCUT2D eigenvalue weighted by atomic mass is 16.4. The Labute approximate surface area is 136 Å². The van der Waals surface area contributed by atoms with Crippen molar-refractivity contribution in [1.29, 1.82) is 0 Å². The molecule has 0 saturated heterocycles. The number of benzene rings is 2. The first-order valence-electron chi connectivity index (χ1n) is 8.14. The zero-order valence-corrected chi connectivity index (χ0v) is 14.1. The van der Waals surface area contributed by atoms with Crippen molar-refractivity contribution >= 4 is 11.0 Å². The quantitative estimate of drug-likeness (QED) is 0.580. The van der Waals surface area contributed by atoms with E-state index in [4.69, 9.17) is 4.42 Å². The van der Waals surface area contributed by atoms with Crippen molar-refractivity contribution in [3.8, 4) is 11.1 Å². The minimum Gasteiger partial charge on any atom is -0.423 e. The molecule has 0 bridgehead atoms. The van der Waals surface area contributed by atoms with Gasteiger partial charge in [0.1, 0.15) is 5.58 Å². The fourth-order valence-corrected chi connectivity index (χ4v) is 3.01. The van der Waals surface area contributed by atoms with E-state index in [-0.39, 0.29) is 5.63 Å². The zero-order chi connectivity index (χ0) is 16.6. The summed E-state index contributed by atoms with van der Waals surface area (Å²) in [6, 6.07) is 16.0. The summed E-state index contributed by atoms with van der Waals surface area (Å²) in [5, 5.41) is 1.00. The summed E-state index contributed by atoms with van der Waals surface area (Å²) >= 11 is 0. The fraction of sp³-hybridized carbons (Fsp3) is 0.286. The van der Waals surface area contributed by atoms with Crippen LogP contribution in [0.25, 0.3) is 22.1 Å². The van der Waals surface area contributed by atoms with E-state index >= 15 is 0 Å². The smallest absolute Gasteiger partial charge is 0.336 e. The number of hydrogen-bond donors (Lipinski definition) is 0. The van der Waals surface area contributed by atoms with Crippen LogP contribution in [0, 0.1) is 0 Å². The lowest BCUT2D eigenvalue weighted by Crippen LogP contribution is -2.01. The molecule has 0 aliphatic carbocycles. The summed E-state index contributed by atoms with van der Waals surface area (Å²) in [5.41, 5.74) is 4.91. The second-order valence-electron chi connectivity index (χ2n) is 6.63. The Balaban J connectivity index is 2.37. The summed E-state index contributed by atoms with van der Waals surface area (Å²) in [5.74, 6) is 0.821. The lowest BCUT2D eigenvalue weighted by Gasteiger charge is -2.15. The first-order valence-corrected chi connectivity index (χ1v) is 8.14. The lowest BCUT2D eigenvalue weighted by molar-refractivity contribution is 0.561. The Bertz CT molecular complexity index is 901. The van der Waals surface area contributed by atoms with Crippen LogP contribution in [0.3, 0.4) is 0 Å². The molecular formula is C21H22O2. The third-order valence-electron chi connectivity index (χ3n) is 4.31. The molecule has 2 aromatic carbocycles. The second kappa shape index (κ2) is 6.04. The fourth-order valence-electron chi connectivity index (χ4n) is 3.01. The highest BCUT2D eigenvalue weighted by molar-refractivity contribution is 5.94. The first kappa shape index (κ1) is 15.5. The molecule has 0 fully saturated rings. The summed E-state index contributed by atoms with van der Waals surface area (Å²) in [7, 11) is 0. The second-order valence-corrected chi connectivity index (χ2v) is 6.63. The third-order valence-corrected chi connectivity index (χ3v) is 4.31. The van der Waals surface area contributed by atoms with Gasteiger partial charge in [-0.2, -0.15) is 0 Å². The van der Waals surface area contributed by atoms with Gasteiger partial charge in [-0.05, 0) is 40.7 Å². The van der Waals surface area contributed by atoms with Gasteiger partial charge < -0.3 is 4.42 Å².